The molecule has 3 nitrogen and oxygen atoms in total. The number of hydrogen-bond acceptors (Lipinski definition) is 2. The third-order valence-electron chi connectivity index (χ3n) is 3.67. The second-order valence-corrected chi connectivity index (χ2v) is 5.44. The second-order valence-electron chi connectivity index (χ2n) is 5.44. The van der Waals surface area contributed by atoms with Crippen molar-refractivity contribution in [2.45, 2.75) is 12.2 Å². The van der Waals surface area contributed by atoms with E-state index in [0.717, 1.165) is 11.6 Å². The van der Waals surface area contributed by atoms with E-state index in [2.05, 4.69) is 17.2 Å². The quantitative estimate of drug-likeness (QED) is 0.772. The average Bonchev–Trinajstić information content (AvgIpc) is 2.58. The Labute approximate surface area is 141 Å². The van der Waals surface area contributed by atoms with Gasteiger partial charge in [0.05, 0.1) is 5.57 Å². The Morgan fingerprint density at radius 2 is 1.72 bits per heavy atom. The van der Waals surface area contributed by atoms with Crippen LogP contribution in [0, 0.1) is 11.8 Å². The minimum atomic E-state index is -4.70. The van der Waals surface area contributed by atoms with Crippen molar-refractivity contribution >= 4 is 17.7 Å². The Balaban J connectivity index is 1.97. The fourth-order valence-corrected chi connectivity index (χ4v) is 2.48. The van der Waals surface area contributed by atoms with Gasteiger partial charge in [0.15, 0.2) is 6.04 Å². The summed E-state index contributed by atoms with van der Waals surface area (Å²) in [6, 6.07) is 11.6. The van der Waals surface area contributed by atoms with Crippen LogP contribution in [0.25, 0.3) is 6.08 Å². The van der Waals surface area contributed by atoms with E-state index in [0.29, 0.717) is 11.1 Å². The summed E-state index contributed by atoms with van der Waals surface area (Å²) < 4.78 is 39.1. The molecule has 1 aliphatic rings. The van der Waals surface area contributed by atoms with E-state index in [1.165, 1.54) is 6.07 Å². The summed E-state index contributed by atoms with van der Waals surface area (Å²) in [5.74, 6) is 4.26. The van der Waals surface area contributed by atoms with Crippen LogP contribution >= 0.6 is 0 Å². The van der Waals surface area contributed by atoms with Gasteiger partial charge >= 0.3 is 12.1 Å². The topological polar surface area (TPSA) is 49.3 Å². The van der Waals surface area contributed by atoms with Gasteiger partial charge in [-0.2, -0.15) is 13.2 Å². The molecule has 2 aromatic carbocycles. The van der Waals surface area contributed by atoms with Crippen molar-refractivity contribution in [3.05, 3.63) is 70.8 Å². The van der Waals surface area contributed by atoms with Crippen molar-refractivity contribution in [2.24, 2.45) is 0 Å². The smallest absolute Gasteiger partial charge is 0.413 e. The number of rotatable bonds is 1. The zero-order valence-corrected chi connectivity index (χ0v) is 12.8. The number of benzene rings is 2. The molecule has 0 aromatic heterocycles. The molecule has 25 heavy (non-hydrogen) atoms. The first kappa shape index (κ1) is 16.7. The molecule has 1 aliphatic heterocycles. The van der Waals surface area contributed by atoms with Crippen LogP contribution in [0.5, 0.6) is 0 Å². The first-order valence-corrected chi connectivity index (χ1v) is 7.34. The lowest BCUT2D eigenvalue weighted by Crippen LogP contribution is -2.41. The lowest BCUT2D eigenvalue weighted by atomic mass is 9.96. The zero-order chi connectivity index (χ0) is 18.0. The summed E-state index contributed by atoms with van der Waals surface area (Å²) in [6.45, 7) is 0. The summed E-state index contributed by atoms with van der Waals surface area (Å²) in [5, 5.41) is 11.3. The number of fused-ring (bicyclic) bond motifs is 1. The molecule has 6 heteroatoms. The number of aliphatic carboxylic acids is 1. The molecule has 0 radical (unpaired) electrons. The van der Waals surface area contributed by atoms with Gasteiger partial charge in [0.25, 0.3) is 0 Å². The number of carbonyl (C=O) groups is 1. The lowest BCUT2D eigenvalue weighted by Gasteiger charge is -2.28. The highest BCUT2D eigenvalue weighted by Crippen LogP contribution is 2.35. The van der Waals surface area contributed by atoms with Crippen molar-refractivity contribution in [3.63, 3.8) is 0 Å². The van der Waals surface area contributed by atoms with Crippen LogP contribution < -0.4 is 5.32 Å². The Morgan fingerprint density at radius 1 is 1.04 bits per heavy atom. The van der Waals surface area contributed by atoms with E-state index < -0.39 is 23.8 Å². The monoisotopic (exact) mass is 343 g/mol. The van der Waals surface area contributed by atoms with E-state index in [1.807, 2.05) is 30.3 Å². The number of carboxylic acid groups (broad SMARTS) is 1. The highest BCUT2D eigenvalue weighted by Gasteiger charge is 2.46. The molecule has 0 spiro atoms. The van der Waals surface area contributed by atoms with Gasteiger partial charge < -0.3 is 10.4 Å². The molecule has 3 rings (SSSR count). The Hall–Kier alpha value is -3.20. The van der Waals surface area contributed by atoms with Gasteiger partial charge in [-0.05, 0) is 42.0 Å². The summed E-state index contributed by atoms with van der Waals surface area (Å²) in [7, 11) is 0. The zero-order valence-electron chi connectivity index (χ0n) is 12.8. The van der Waals surface area contributed by atoms with E-state index in [4.69, 9.17) is 5.11 Å². The molecule has 0 saturated heterocycles. The number of anilines is 1. The largest absolute Gasteiger partial charge is 0.478 e. The van der Waals surface area contributed by atoms with Gasteiger partial charge in [-0.1, -0.05) is 30.0 Å². The van der Waals surface area contributed by atoms with Gasteiger partial charge in [-0.3, -0.25) is 0 Å². The van der Waals surface area contributed by atoms with Crippen molar-refractivity contribution in [1.29, 1.82) is 0 Å². The summed E-state index contributed by atoms with van der Waals surface area (Å²) >= 11 is 0. The number of carboxylic acids is 1. The third kappa shape index (κ3) is 3.66. The first-order valence-electron chi connectivity index (χ1n) is 7.34. The van der Waals surface area contributed by atoms with Crippen molar-refractivity contribution in [3.8, 4) is 11.8 Å². The number of alkyl halides is 3. The SMILES string of the molecule is O=C(O)C1=Cc2cc(C#Cc3ccccc3)ccc2NC1C(F)(F)F. The molecule has 1 heterocycles. The predicted molar refractivity (Wildman–Crippen MR) is 87.9 cm³/mol. The molecule has 1 unspecified atom stereocenters. The average molecular weight is 343 g/mol. The van der Waals surface area contributed by atoms with Crippen molar-refractivity contribution in [2.75, 3.05) is 5.32 Å². The predicted octanol–water partition coefficient (Wildman–Crippen LogP) is 3.91. The highest BCUT2D eigenvalue weighted by molar-refractivity contribution is 5.97. The fourth-order valence-electron chi connectivity index (χ4n) is 2.48. The van der Waals surface area contributed by atoms with Crippen LogP contribution in [0.15, 0.2) is 54.1 Å². The normalized spacial score (nSPS) is 16.0. The lowest BCUT2D eigenvalue weighted by molar-refractivity contribution is -0.146. The van der Waals surface area contributed by atoms with E-state index in [9.17, 15) is 18.0 Å². The van der Waals surface area contributed by atoms with Gasteiger partial charge in [0.1, 0.15) is 0 Å². The molecule has 2 N–H and O–H groups in total. The second kappa shape index (κ2) is 6.36. The molecular formula is C19H12F3NO2. The van der Waals surface area contributed by atoms with Crippen molar-refractivity contribution in [1.82, 2.24) is 0 Å². The minimum Gasteiger partial charge on any atom is -0.478 e. The number of nitrogens with one attached hydrogen (secondary N) is 1. The maximum absolute atomic E-state index is 13.0. The van der Waals surface area contributed by atoms with Gasteiger partial charge in [-0.25, -0.2) is 4.79 Å². The Kier molecular flexibility index (Phi) is 4.24. The molecule has 2 aromatic rings. The fraction of sp³-hybridized carbons (Fsp3) is 0.105. The van der Waals surface area contributed by atoms with Gasteiger partial charge in [-0.15, -0.1) is 0 Å². The molecule has 0 fully saturated rings. The van der Waals surface area contributed by atoms with E-state index in [-0.39, 0.29) is 5.69 Å². The van der Waals surface area contributed by atoms with Gasteiger partial charge in [0, 0.05) is 16.8 Å². The standard InChI is InChI=1S/C19H12F3NO2/c20-19(21,22)17-15(18(24)25)11-14-10-13(8-9-16(14)23-17)7-6-12-4-2-1-3-5-12/h1-5,8-11,17,23H,(H,24,25). The maximum Gasteiger partial charge on any atom is 0.413 e. The third-order valence-corrected chi connectivity index (χ3v) is 3.67. The molecule has 0 saturated carbocycles. The summed E-state index contributed by atoms with van der Waals surface area (Å²) in [5.41, 5.74) is 1.22. The summed E-state index contributed by atoms with van der Waals surface area (Å²) in [6.07, 6.45) is -3.66. The molecule has 0 amide bonds. The molecule has 0 aliphatic carbocycles. The molecule has 0 bridgehead atoms. The molecular weight excluding hydrogens is 331 g/mol. The van der Waals surface area contributed by atoms with E-state index in [1.54, 1.807) is 12.1 Å². The molecule has 126 valence electrons. The summed E-state index contributed by atoms with van der Waals surface area (Å²) in [4.78, 5) is 11.2. The van der Waals surface area contributed by atoms with Crippen LogP contribution in [0.4, 0.5) is 18.9 Å². The Bertz CT molecular complexity index is 906. The van der Waals surface area contributed by atoms with Crippen LogP contribution in [0.3, 0.4) is 0 Å². The minimum absolute atomic E-state index is 0.220. The first-order chi connectivity index (χ1) is 11.8. The van der Waals surface area contributed by atoms with Crippen molar-refractivity contribution < 1.29 is 23.1 Å². The van der Waals surface area contributed by atoms with E-state index >= 15 is 0 Å². The van der Waals surface area contributed by atoms with Crippen LogP contribution in [0.1, 0.15) is 16.7 Å². The number of halogens is 3. The Morgan fingerprint density at radius 3 is 2.36 bits per heavy atom. The van der Waals surface area contributed by atoms with Crippen LogP contribution in [-0.2, 0) is 4.79 Å². The molecule has 1 atom stereocenters. The van der Waals surface area contributed by atoms with Crippen LogP contribution in [-0.4, -0.2) is 23.3 Å². The van der Waals surface area contributed by atoms with Gasteiger partial charge in [0.2, 0.25) is 0 Å². The highest BCUT2D eigenvalue weighted by atomic mass is 19.4. The maximum atomic E-state index is 13.0. The van der Waals surface area contributed by atoms with Crippen LogP contribution in [0.2, 0.25) is 0 Å². The number of hydrogen-bond donors (Lipinski definition) is 2.